The van der Waals surface area contributed by atoms with Gasteiger partial charge in [0, 0.05) is 25.8 Å². The van der Waals surface area contributed by atoms with Crippen molar-refractivity contribution in [3.05, 3.63) is 29.8 Å². The lowest BCUT2D eigenvalue weighted by molar-refractivity contribution is 0.0410. The van der Waals surface area contributed by atoms with Crippen molar-refractivity contribution in [2.45, 2.75) is 6.10 Å². The second-order valence-electron chi connectivity index (χ2n) is 4.73. The molecule has 118 valence electrons. The maximum absolute atomic E-state index is 9.59. The van der Waals surface area contributed by atoms with E-state index < -0.39 is 6.10 Å². The standard InChI is InChI=1S/C14H23N3O4/c1-17(9-12(18)10-20-2)7-8-21-13-5-3-11(4-6-13)14(15)16-19/h3-6,12,18-19H,7-10H2,1-2H3,(H2,15,16). The molecule has 0 aliphatic carbocycles. The number of hydrogen-bond acceptors (Lipinski definition) is 6. The van der Waals surface area contributed by atoms with E-state index in [0.29, 0.717) is 37.6 Å². The van der Waals surface area contributed by atoms with Gasteiger partial charge in [-0.3, -0.25) is 0 Å². The first-order valence-electron chi connectivity index (χ1n) is 6.63. The molecule has 21 heavy (non-hydrogen) atoms. The van der Waals surface area contributed by atoms with E-state index in [1.165, 1.54) is 0 Å². The summed E-state index contributed by atoms with van der Waals surface area (Å²) in [4.78, 5) is 1.97. The van der Waals surface area contributed by atoms with Crippen molar-refractivity contribution in [2.24, 2.45) is 10.9 Å². The maximum Gasteiger partial charge on any atom is 0.170 e. The summed E-state index contributed by atoms with van der Waals surface area (Å²) in [6, 6.07) is 6.95. The van der Waals surface area contributed by atoms with Crippen LogP contribution in [0, 0.1) is 0 Å². The third kappa shape index (κ3) is 6.44. The quantitative estimate of drug-likeness (QED) is 0.259. The van der Waals surface area contributed by atoms with Crippen LogP contribution in [-0.4, -0.2) is 67.6 Å². The van der Waals surface area contributed by atoms with E-state index in [9.17, 15) is 5.11 Å². The molecule has 0 aliphatic rings. The Hall–Kier alpha value is -1.83. The molecule has 7 heteroatoms. The lowest BCUT2D eigenvalue weighted by Crippen LogP contribution is -2.34. The Kier molecular flexibility index (Phi) is 7.52. The Balaban J connectivity index is 2.32. The van der Waals surface area contributed by atoms with Crippen LogP contribution in [0.1, 0.15) is 5.56 Å². The van der Waals surface area contributed by atoms with E-state index in [0.717, 1.165) is 0 Å². The molecule has 1 rings (SSSR count). The number of hydrogen-bond donors (Lipinski definition) is 3. The van der Waals surface area contributed by atoms with Gasteiger partial charge >= 0.3 is 0 Å². The van der Waals surface area contributed by atoms with Crippen molar-refractivity contribution in [1.29, 1.82) is 0 Å². The fraction of sp³-hybridized carbons (Fsp3) is 0.500. The molecule has 0 aliphatic heterocycles. The summed E-state index contributed by atoms with van der Waals surface area (Å²) < 4.78 is 10.5. The number of likely N-dealkylation sites (N-methyl/N-ethyl adjacent to an activating group) is 1. The van der Waals surface area contributed by atoms with Crippen LogP contribution in [-0.2, 0) is 4.74 Å². The molecule has 7 nitrogen and oxygen atoms in total. The average molecular weight is 297 g/mol. The van der Waals surface area contributed by atoms with Gasteiger partial charge < -0.3 is 30.4 Å². The molecule has 0 amide bonds. The smallest absolute Gasteiger partial charge is 0.170 e. The van der Waals surface area contributed by atoms with Crippen LogP contribution in [0.4, 0.5) is 0 Å². The minimum absolute atomic E-state index is 0.0633. The van der Waals surface area contributed by atoms with Gasteiger partial charge in [0.15, 0.2) is 5.84 Å². The topological polar surface area (TPSA) is 101 Å². The van der Waals surface area contributed by atoms with Crippen LogP contribution in [0.15, 0.2) is 29.4 Å². The largest absolute Gasteiger partial charge is 0.492 e. The first-order chi connectivity index (χ1) is 10.1. The lowest BCUT2D eigenvalue weighted by Gasteiger charge is -2.20. The number of nitrogens with zero attached hydrogens (tertiary/aromatic N) is 2. The van der Waals surface area contributed by atoms with E-state index >= 15 is 0 Å². The Bertz CT molecular complexity index is 436. The number of oxime groups is 1. The summed E-state index contributed by atoms with van der Waals surface area (Å²) in [5, 5.41) is 21.1. The van der Waals surface area contributed by atoms with Gasteiger partial charge in [0.05, 0.1) is 12.7 Å². The number of rotatable bonds is 9. The van der Waals surface area contributed by atoms with E-state index in [4.69, 9.17) is 20.4 Å². The Morgan fingerprint density at radius 1 is 1.38 bits per heavy atom. The fourth-order valence-corrected chi connectivity index (χ4v) is 1.80. The first kappa shape index (κ1) is 17.2. The molecule has 0 bridgehead atoms. The number of benzene rings is 1. The van der Waals surface area contributed by atoms with Crippen LogP contribution in [0.2, 0.25) is 0 Å². The van der Waals surface area contributed by atoms with Gasteiger partial charge in [-0.2, -0.15) is 0 Å². The predicted molar refractivity (Wildman–Crippen MR) is 79.8 cm³/mol. The average Bonchev–Trinajstić information content (AvgIpc) is 2.47. The van der Waals surface area contributed by atoms with E-state index in [1.807, 2.05) is 11.9 Å². The number of aliphatic hydroxyl groups excluding tert-OH is 1. The van der Waals surface area contributed by atoms with Gasteiger partial charge in [-0.1, -0.05) is 5.16 Å². The van der Waals surface area contributed by atoms with Crippen molar-refractivity contribution >= 4 is 5.84 Å². The number of ether oxygens (including phenoxy) is 2. The molecule has 0 aromatic heterocycles. The van der Waals surface area contributed by atoms with Crippen molar-refractivity contribution in [2.75, 3.05) is 40.5 Å². The van der Waals surface area contributed by atoms with Crippen molar-refractivity contribution in [3.8, 4) is 5.75 Å². The Morgan fingerprint density at radius 2 is 2.05 bits per heavy atom. The van der Waals surface area contributed by atoms with Crippen LogP contribution in [0.5, 0.6) is 5.75 Å². The molecule has 0 saturated heterocycles. The first-order valence-corrected chi connectivity index (χ1v) is 6.63. The fourth-order valence-electron chi connectivity index (χ4n) is 1.80. The molecular formula is C14H23N3O4. The zero-order valence-corrected chi connectivity index (χ0v) is 12.4. The second kappa shape index (κ2) is 9.17. The highest BCUT2D eigenvalue weighted by atomic mass is 16.5. The molecular weight excluding hydrogens is 274 g/mol. The number of methoxy groups -OCH3 is 1. The van der Waals surface area contributed by atoms with Gasteiger partial charge in [0.2, 0.25) is 0 Å². The number of amidine groups is 1. The third-order valence-electron chi connectivity index (χ3n) is 2.88. The number of aliphatic hydroxyl groups is 1. The van der Waals surface area contributed by atoms with Crippen molar-refractivity contribution < 1.29 is 19.8 Å². The molecule has 0 heterocycles. The van der Waals surface area contributed by atoms with Crippen LogP contribution in [0.3, 0.4) is 0 Å². The zero-order chi connectivity index (χ0) is 15.7. The van der Waals surface area contributed by atoms with Gasteiger partial charge in [0.1, 0.15) is 12.4 Å². The molecule has 1 aromatic carbocycles. The zero-order valence-electron chi connectivity index (χ0n) is 12.4. The van der Waals surface area contributed by atoms with Crippen LogP contribution >= 0.6 is 0 Å². The number of nitrogens with two attached hydrogens (primary N) is 1. The van der Waals surface area contributed by atoms with E-state index in [2.05, 4.69) is 5.16 Å². The van der Waals surface area contributed by atoms with E-state index in [1.54, 1.807) is 31.4 Å². The second-order valence-corrected chi connectivity index (χ2v) is 4.73. The van der Waals surface area contributed by atoms with Gasteiger partial charge in [-0.05, 0) is 31.3 Å². The van der Waals surface area contributed by atoms with Crippen LogP contribution < -0.4 is 10.5 Å². The summed E-state index contributed by atoms with van der Waals surface area (Å²) in [6.45, 7) is 2.03. The summed E-state index contributed by atoms with van der Waals surface area (Å²) in [5.41, 5.74) is 6.10. The van der Waals surface area contributed by atoms with Gasteiger partial charge in [-0.25, -0.2) is 0 Å². The monoisotopic (exact) mass is 297 g/mol. The van der Waals surface area contributed by atoms with E-state index in [-0.39, 0.29) is 5.84 Å². The Morgan fingerprint density at radius 3 is 2.62 bits per heavy atom. The minimum Gasteiger partial charge on any atom is -0.492 e. The van der Waals surface area contributed by atoms with Crippen molar-refractivity contribution in [3.63, 3.8) is 0 Å². The maximum atomic E-state index is 9.59. The third-order valence-corrected chi connectivity index (χ3v) is 2.88. The molecule has 1 aromatic rings. The lowest BCUT2D eigenvalue weighted by atomic mass is 10.2. The van der Waals surface area contributed by atoms with Crippen molar-refractivity contribution in [1.82, 2.24) is 4.90 Å². The van der Waals surface area contributed by atoms with Crippen LogP contribution in [0.25, 0.3) is 0 Å². The highest BCUT2D eigenvalue weighted by molar-refractivity contribution is 5.97. The normalized spacial score (nSPS) is 13.4. The molecule has 1 atom stereocenters. The molecule has 0 fully saturated rings. The highest BCUT2D eigenvalue weighted by Crippen LogP contribution is 2.12. The summed E-state index contributed by atoms with van der Waals surface area (Å²) in [6.07, 6.45) is -0.500. The SMILES string of the molecule is COCC(O)CN(C)CCOc1ccc(C(N)=NO)cc1. The summed E-state index contributed by atoms with van der Waals surface area (Å²) >= 11 is 0. The molecule has 0 saturated carbocycles. The molecule has 0 radical (unpaired) electrons. The highest BCUT2D eigenvalue weighted by Gasteiger charge is 2.07. The summed E-state index contributed by atoms with van der Waals surface area (Å²) in [5.74, 6) is 0.767. The molecule has 4 N–H and O–H groups in total. The predicted octanol–water partition coefficient (Wildman–Crippen LogP) is 0.0990. The molecule has 1 unspecified atom stereocenters. The Labute approximate surface area is 124 Å². The minimum atomic E-state index is -0.500. The summed E-state index contributed by atoms with van der Waals surface area (Å²) in [7, 11) is 3.47. The van der Waals surface area contributed by atoms with Gasteiger partial charge in [0.25, 0.3) is 0 Å². The molecule has 0 spiro atoms. The van der Waals surface area contributed by atoms with Gasteiger partial charge in [-0.15, -0.1) is 0 Å².